The fraction of sp³-hybridized carbons (Fsp3) is 0.417. The predicted octanol–water partition coefficient (Wildman–Crippen LogP) is 4.69. The maximum atomic E-state index is 11.6. The molecule has 32 heavy (non-hydrogen) atoms. The van der Waals surface area contributed by atoms with Crippen LogP contribution in [0.3, 0.4) is 0 Å². The standard InChI is InChI=1S/C24H28Cl2N2O4/c1-2-6-24(30)31-16-19(29)14-28(13-17-7-5-8-18(25)11-17)15-20-12-23(27-32-20)21-9-3-4-10-22(21)26/h3-5,7-11,19-20,29H,2,6,12-16H2,1H3. The van der Waals surface area contributed by atoms with E-state index in [1.165, 1.54) is 0 Å². The van der Waals surface area contributed by atoms with Crippen LogP contribution in [0, 0.1) is 0 Å². The van der Waals surface area contributed by atoms with Crippen molar-refractivity contribution in [1.29, 1.82) is 0 Å². The van der Waals surface area contributed by atoms with Gasteiger partial charge in [0.2, 0.25) is 0 Å². The Morgan fingerprint density at radius 3 is 2.84 bits per heavy atom. The van der Waals surface area contributed by atoms with E-state index in [-0.39, 0.29) is 18.7 Å². The molecule has 2 aromatic rings. The normalized spacial score (nSPS) is 16.5. The number of halogens is 2. The molecule has 0 aromatic heterocycles. The van der Waals surface area contributed by atoms with E-state index < -0.39 is 6.10 Å². The summed E-state index contributed by atoms with van der Waals surface area (Å²) in [6.45, 7) is 3.27. The van der Waals surface area contributed by atoms with Gasteiger partial charge in [0.25, 0.3) is 0 Å². The van der Waals surface area contributed by atoms with E-state index in [2.05, 4.69) is 10.1 Å². The van der Waals surface area contributed by atoms with Gasteiger partial charge in [0.05, 0.1) is 5.71 Å². The molecule has 0 amide bonds. The van der Waals surface area contributed by atoms with Gasteiger partial charge in [-0.2, -0.15) is 0 Å². The third-order valence-corrected chi connectivity index (χ3v) is 5.60. The van der Waals surface area contributed by atoms with Gasteiger partial charge in [0.1, 0.15) is 18.8 Å². The van der Waals surface area contributed by atoms with Crippen molar-refractivity contribution in [3.8, 4) is 0 Å². The monoisotopic (exact) mass is 478 g/mol. The summed E-state index contributed by atoms with van der Waals surface area (Å²) >= 11 is 12.4. The Balaban J connectivity index is 1.62. The highest BCUT2D eigenvalue weighted by molar-refractivity contribution is 6.34. The average Bonchev–Trinajstić information content (AvgIpc) is 3.21. The molecular weight excluding hydrogens is 451 g/mol. The molecule has 1 heterocycles. The van der Waals surface area contributed by atoms with E-state index in [4.69, 9.17) is 32.8 Å². The number of nitrogens with zero attached hydrogens (tertiary/aromatic N) is 2. The van der Waals surface area contributed by atoms with E-state index in [9.17, 15) is 9.90 Å². The van der Waals surface area contributed by atoms with E-state index in [0.29, 0.717) is 48.9 Å². The molecule has 0 saturated heterocycles. The highest BCUT2D eigenvalue weighted by Gasteiger charge is 2.27. The van der Waals surface area contributed by atoms with Crippen molar-refractivity contribution < 1.29 is 19.5 Å². The molecule has 0 saturated carbocycles. The molecule has 172 valence electrons. The first-order chi connectivity index (χ1) is 15.4. The molecule has 3 rings (SSSR count). The second-order valence-electron chi connectivity index (χ2n) is 7.86. The van der Waals surface area contributed by atoms with Gasteiger partial charge in [-0.1, -0.05) is 65.6 Å². The van der Waals surface area contributed by atoms with Crippen molar-refractivity contribution in [1.82, 2.24) is 4.90 Å². The molecule has 6 nitrogen and oxygen atoms in total. The fourth-order valence-electron chi connectivity index (χ4n) is 3.58. The van der Waals surface area contributed by atoms with Crippen LogP contribution >= 0.6 is 23.2 Å². The zero-order valence-corrected chi connectivity index (χ0v) is 19.6. The van der Waals surface area contributed by atoms with E-state index in [1.54, 1.807) is 0 Å². The second-order valence-corrected chi connectivity index (χ2v) is 8.70. The number of hydrogen-bond donors (Lipinski definition) is 1. The van der Waals surface area contributed by atoms with Crippen molar-refractivity contribution in [2.45, 2.75) is 44.9 Å². The summed E-state index contributed by atoms with van der Waals surface area (Å²) in [7, 11) is 0. The van der Waals surface area contributed by atoms with Gasteiger partial charge in [-0.25, -0.2) is 0 Å². The van der Waals surface area contributed by atoms with Crippen molar-refractivity contribution >= 4 is 34.9 Å². The molecule has 0 aliphatic carbocycles. The summed E-state index contributed by atoms with van der Waals surface area (Å²) in [5.74, 6) is -0.301. The second kappa shape index (κ2) is 12.2. The number of aliphatic hydroxyl groups is 1. The Kier molecular flexibility index (Phi) is 9.36. The molecule has 2 unspecified atom stereocenters. The topological polar surface area (TPSA) is 71.4 Å². The number of hydrogen-bond acceptors (Lipinski definition) is 6. The highest BCUT2D eigenvalue weighted by atomic mass is 35.5. The third-order valence-electron chi connectivity index (χ3n) is 5.03. The fourth-order valence-corrected chi connectivity index (χ4v) is 4.04. The van der Waals surface area contributed by atoms with Crippen molar-refractivity contribution in [2.24, 2.45) is 5.16 Å². The van der Waals surface area contributed by atoms with Crippen LogP contribution in [0.1, 0.15) is 37.3 Å². The lowest BCUT2D eigenvalue weighted by molar-refractivity contribution is -0.147. The number of ether oxygens (including phenoxy) is 1. The van der Waals surface area contributed by atoms with Crippen molar-refractivity contribution in [3.63, 3.8) is 0 Å². The van der Waals surface area contributed by atoms with Crippen LogP contribution < -0.4 is 0 Å². The average molecular weight is 479 g/mol. The Hall–Kier alpha value is -2.12. The van der Waals surface area contributed by atoms with Gasteiger partial charge in [-0.3, -0.25) is 9.69 Å². The van der Waals surface area contributed by atoms with Crippen LogP contribution in [0.25, 0.3) is 0 Å². The SMILES string of the molecule is CCCC(=O)OCC(O)CN(Cc1cccc(Cl)c1)CC1CC(c2ccccc2Cl)=NO1. The largest absolute Gasteiger partial charge is 0.463 e. The molecule has 1 N–H and O–H groups in total. The molecule has 0 bridgehead atoms. The van der Waals surface area contributed by atoms with Crippen LogP contribution in [-0.4, -0.2) is 53.6 Å². The summed E-state index contributed by atoms with van der Waals surface area (Å²) in [5.41, 5.74) is 2.68. The molecule has 0 spiro atoms. The van der Waals surface area contributed by atoms with Gasteiger partial charge in [0, 0.05) is 48.1 Å². The quantitative estimate of drug-likeness (QED) is 0.474. The zero-order chi connectivity index (χ0) is 22.9. The minimum Gasteiger partial charge on any atom is -0.463 e. The van der Waals surface area contributed by atoms with Crippen LogP contribution in [0.15, 0.2) is 53.7 Å². The van der Waals surface area contributed by atoms with E-state index >= 15 is 0 Å². The smallest absolute Gasteiger partial charge is 0.305 e. The Morgan fingerprint density at radius 2 is 2.09 bits per heavy atom. The summed E-state index contributed by atoms with van der Waals surface area (Å²) in [6.07, 6.45) is 0.660. The molecule has 1 aliphatic heterocycles. The minimum absolute atomic E-state index is 0.0439. The summed E-state index contributed by atoms with van der Waals surface area (Å²) in [4.78, 5) is 19.4. The molecule has 0 fully saturated rings. The number of rotatable bonds is 11. The van der Waals surface area contributed by atoms with Gasteiger partial charge in [-0.15, -0.1) is 0 Å². The third kappa shape index (κ3) is 7.48. The van der Waals surface area contributed by atoms with Gasteiger partial charge >= 0.3 is 5.97 Å². The molecule has 0 radical (unpaired) electrons. The molecule has 8 heteroatoms. The van der Waals surface area contributed by atoms with Crippen LogP contribution in [0.2, 0.25) is 10.0 Å². The van der Waals surface area contributed by atoms with E-state index in [0.717, 1.165) is 16.8 Å². The lowest BCUT2D eigenvalue weighted by Gasteiger charge is -2.27. The Morgan fingerprint density at radius 1 is 1.28 bits per heavy atom. The number of carbonyl (C=O) groups is 1. The zero-order valence-electron chi connectivity index (χ0n) is 18.0. The summed E-state index contributed by atoms with van der Waals surface area (Å²) in [5, 5.41) is 16.0. The molecular formula is C24H28Cl2N2O4. The lowest BCUT2D eigenvalue weighted by atomic mass is 10.0. The summed E-state index contributed by atoms with van der Waals surface area (Å²) < 4.78 is 5.17. The lowest BCUT2D eigenvalue weighted by Crippen LogP contribution is -2.39. The predicted molar refractivity (Wildman–Crippen MR) is 126 cm³/mol. The number of aliphatic hydroxyl groups excluding tert-OH is 1. The maximum Gasteiger partial charge on any atom is 0.305 e. The Bertz CT molecular complexity index is 938. The van der Waals surface area contributed by atoms with Gasteiger partial charge < -0.3 is 14.7 Å². The minimum atomic E-state index is -0.819. The van der Waals surface area contributed by atoms with Crippen LogP contribution in [-0.2, 0) is 20.9 Å². The molecule has 1 aliphatic rings. The number of oxime groups is 1. The Labute approximate surface area is 198 Å². The first-order valence-electron chi connectivity index (χ1n) is 10.7. The van der Waals surface area contributed by atoms with Crippen molar-refractivity contribution in [2.75, 3.05) is 19.7 Å². The first-order valence-corrected chi connectivity index (χ1v) is 11.5. The highest BCUT2D eigenvalue weighted by Crippen LogP contribution is 2.24. The van der Waals surface area contributed by atoms with Crippen molar-refractivity contribution in [3.05, 3.63) is 69.7 Å². The summed E-state index contributed by atoms with van der Waals surface area (Å²) in [6, 6.07) is 15.1. The van der Waals surface area contributed by atoms with Crippen LogP contribution in [0.5, 0.6) is 0 Å². The maximum absolute atomic E-state index is 11.6. The molecule has 2 aromatic carbocycles. The van der Waals surface area contributed by atoms with E-state index in [1.807, 2.05) is 55.5 Å². The van der Waals surface area contributed by atoms with Gasteiger partial charge in [-0.05, 0) is 30.2 Å². The number of esters is 1. The van der Waals surface area contributed by atoms with Gasteiger partial charge in [0.15, 0.2) is 0 Å². The number of benzene rings is 2. The van der Waals surface area contributed by atoms with Crippen LogP contribution in [0.4, 0.5) is 0 Å². The first kappa shape index (κ1) is 24.5. The molecule has 2 atom stereocenters. The number of carbonyl (C=O) groups excluding carboxylic acids is 1.